The molecule has 0 spiro atoms. The van der Waals surface area contributed by atoms with Crippen molar-refractivity contribution in [3.63, 3.8) is 0 Å². The first-order valence-electron chi connectivity index (χ1n) is 5.37. The second-order valence-corrected chi connectivity index (χ2v) is 5.42. The predicted octanol–water partition coefficient (Wildman–Crippen LogP) is 4.07. The Balaban J connectivity index is 2.24. The zero-order valence-electron chi connectivity index (χ0n) is 9.65. The minimum Gasteiger partial charge on any atom is -0.321 e. The summed E-state index contributed by atoms with van der Waals surface area (Å²) in [5.41, 5.74) is 1.42. The Labute approximate surface area is 129 Å². The molecule has 2 aromatic rings. The fourth-order valence-electron chi connectivity index (χ4n) is 1.49. The van der Waals surface area contributed by atoms with Crippen molar-refractivity contribution >= 4 is 45.8 Å². The number of carbonyl (C=O) groups is 1. The number of rotatable bonds is 2. The first kappa shape index (κ1) is 13.8. The van der Waals surface area contributed by atoms with Gasteiger partial charge in [-0.25, -0.2) is 0 Å². The third-order valence-electron chi connectivity index (χ3n) is 2.45. The third-order valence-corrected chi connectivity index (χ3v) is 3.50. The highest BCUT2D eigenvalue weighted by molar-refractivity contribution is 14.1. The van der Waals surface area contributed by atoms with E-state index < -0.39 is 0 Å². The second-order valence-electron chi connectivity index (χ2n) is 3.77. The number of halogens is 2. The van der Waals surface area contributed by atoms with Crippen molar-refractivity contribution in [1.82, 2.24) is 0 Å². The van der Waals surface area contributed by atoms with Crippen molar-refractivity contribution in [2.24, 2.45) is 0 Å². The van der Waals surface area contributed by atoms with Crippen molar-refractivity contribution < 1.29 is 4.79 Å². The highest BCUT2D eigenvalue weighted by Gasteiger charge is 2.09. The molecule has 0 unspecified atom stereocenters. The van der Waals surface area contributed by atoms with Crippen LogP contribution in [0.25, 0.3) is 0 Å². The van der Waals surface area contributed by atoms with Gasteiger partial charge in [-0.1, -0.05) is 11.6 Å². The number of hydrogen-bond donors (Lipinski definition) is 1. The fourth-order valence-corrected chi connectivity index (χ4v) is 2.01. The number of carbonyl (C=O) groups excluding carboxylic acids is 1. The monoisotopic (exact) mass is 382 g/mol. The Morgan fingerprint density at radius 2 is 1.89 bits per heavy atom. The summed E-state index contributed by atoms with van der Waals surface area (Å²) in [5.74, 6) is -0.256. The number of nitrogens with zero attached hydrogens (tertiary/aromatic N) is 1. The predicted molar refractivity (Wildman–Crippen MR) is 83.3 cm³/mol. The summed E-state index contributed by atoms with van der Waals surface area (Å²) in [6, 6.07) is 13.9. The summed E-state index contributed by atoms with van der Waals surface area (Å²) >= 11 is 8.15. The van der Waals surface area contributed by atoms with Crippen molar-refractivity contribution in [2.45, 2.75) is 0 Å². The van der Waals surface area contributed by atoms with Crippen LogP contribution in [-0.4, -0.2) is 5.91 Å². The maximum absolute atomic E-state index is 12.0. The van der Waals surface area contributed by atoms with Crippen LogP contribution in [0.3, 0.4) is 0 Å². The van der Waals surface area contributed by atoms with Gasteiger partial charge in [-0.3, -0.25) is 4.79 Å². The Morgan fingerprint density at radius 3 is 2.53 bits per heavy atom. The second kappa shape index (κ2) is 6.04. The Morgan fingerprint density at radius 1 is 1.21 bits per heavy atom. The van der Waals surface area contributed by atoms with Gasteiger partial charge in [-0.15, -0.1) is 0 Å². The van der Waals surface area contributed by atoms with E-state index in [1.807, 2.05) is 18.2 Å². The minimum absolute atomic E-state index is 0.256. The molecule has 1 N–H and O–H groups in total. The SMILES string of the molecule is N#Cc1ccc(Cl)c(NC(=O)c2ccc(I)cc2)c1. The van der Waals surface area contributed by atoms with E-state index in [1.54, 1.807) is 30.3 Å². The van der Waals surface area contributed by atoms with Crippen LogP contribution in [0.4, 0.5) is 5.69 Å². The third kappa shape index (κ3) is 3.46. The van der Waals surface area contributed by atoms with E-state index in [9.17, 15) is 4.79 Å². The molecule has 0 aliphatic carbocycles. The molecule has 0 aliphatic rings. The van der Waals surface area contributed by atoms with E-state index in [2.05, 4.69) is 27.9 Å². The summed E-state index contributed by atoms with van der Waals surface area (Å²) in [6.07, 6.45) is 0. The lowest BCUT2D eigenvalue weighted by molar-refractivity contribution is 0.102. The van der Waals surface area contributed by atoms with Gasteiger partial charge in [0, 0.05) is 9.13 Å². The zero-order chi connectivity index (χ0) is 13.8. The number of anilines is 1. The van der Waals surface area contributed by atoms with Gasteiger partial charge in [-0.05, 0) is 65.1 Å². The first-order valence-corrected chi connectivity index (χ1v) is 6.82. The smallest absolute Gasteiger partial charge is 0.255 e. The summed E-state index contributed by atoms with van der Waals surface area (Å²) in [4.78, 5) is 12.0. The molecule has 0 heterocycles. The van der Waals surface area contributed by atoms with Gasteiger partial charge in [0.15, 0.2) is 0 Å². The highest BCUT2D eigenvalue weighted by atomic mass is 127. The van der Waals surface area contributed by atoms with Crippen LogP contribution in [0, 0.1) is 14.9 Å². The van der Waals surface area contributed by atoms with Gasteiger partial charge in [0.2, 0.25) is 0 Å². The van der Waals surface area contributed by atoms with E-state index in [4.69, 9.17) is 16.9 Å². The molecule has 5 heteroatoms. The average molecular weight is 383 g/mol. The standard InChI is InChI=1S/C14H8ClIN2O/c15-12-6-1-9(8-17)7-13(12)18-14(19)10-2-4-11(16)5-3-10/h1-7H,(H,18,19). The normalized spacial score (nSPS) is 9.74. The summed E-state index contributed by atoms with van der Waals surface area (Å²) in [7, 11) is 0. The Hall–Kier alpha value is -1.58. The zero-order valence-corrected chi connectivity index (χ0v) is 12.6. The topological polar surface area (TPSA) is 52.9 Å². The fraction of sp³-hybridized carbons (Fsp3) is 0. The number of hydrogen-bond acceptors (Lipinski definition) is 2. The van der Waals surface area contributed by atoms with Crippen LogP contribution in [0.1, 0.15) is 15.9 Å². The molecule has 0 radical (unpaired) electrons. The molecule has 0 bridgehead atoms. The largest absolute Gasteiger partial charge is 0.321 e. The molecule has 0 aromatic heterocycles. The van der Waals surface area contributed by atoms with Gasteiger partial charge in [-0.2, -0.15) is 5.26 Å². The van der Waals surface area contributed by atoms with Crippen molar-refractivity contribution in [3.8, 4) is 6.07 Å². The van der Waals surface area contributed by atoms with Crippen molar-refractivity contribution in [1.29, 1.82) is 5.26 Å². The molecule has 1 amide bonds. The van der Waals surface area contributed by atoms with Crippen molar-refractivity contribution in [3.05, 3.63) is 62.2 Å². The van der Waals surface area contributed by atoms with E-state index in [0.29, 0.717) is 21.8 Å². The summed E-state index contributed by atoms with van der Waals surface area (Å²) < 4.78 is 1.05. The summed E-state index contributed by atoms with van der Waals surface area (Å²) in [6.45, 7) is 0. The molecule has 94 valence electrons. The molecular formula is C14H8ClIN2O. The number of nitriles is 1. The number of amides is 1. The van der Waals surface area contributed by atoms with Crippen molar-refractivity contribution in [2.75, 3.05) is 5.32 Å². The van der Waals surface area contributed by atoms with Gasteiger partial charge >= 0.3 is 0 Å². The lowest BCUT2D eigenvalue weighted by atomic mass is 10.2. The number of nitrogens with one attached hydrogen (secondary N) is 1. The molecule has 0 atom stereocenters. The lowest BCUT2D eigenvalue weighted by Gasteiger charge is -2.07. The maximum atomic E-state index is 12.0. The van der Waals surface area contributed by atoms with Crippen LogP contribution in [0.5, 0.6) is 0 Å². The quantitative estimate of drug-likeness (QED) is 0.796. The van der Waals surface area contributed by atoms with Crippen LogP contribution >= 0.6 is 34.2 Å². The van der Waals surface area contributed by atoms with Crippen LogP contribution in [-0.2, 0) is 0 Å². The van der Waals surface area contributed by atoms with Gasteiger partial charge in [0.05, 0.1) is 22.3 Å². The Bertz CT molecular complexity index is 662. The number of benzene rings is 2. The lowest BCUT2D eigenvalue weighted by Crippen LogP contribution is -2.12. The van der Waals surface area contributed by atoms with E-state index in [1.165, 1.54) is 0 Å². The molecule has 0 saturated carbocycles. The first-order chi connectivity index (χ1) is 9.10. The molecule has 2 rings (SSSR count). The molecule has 0 saturated heterocycles. The highest BCUT2D eigenvalue weighted by Crippen LogP contribution is 2.23. The molecule has 2 aromatic carbocycles. The molecule has 3 nitrogen and oxygen atoms in total. The van der Waals surface area contributed by atoms with E-state index in [-0.39, 0.29) is 5.91 Å². The molecule has 0 fully saturated rings. The van der Waals surface area contributed by atoms with Crippen LogP contribution in [0.15, 0.2) is 42.5 Å². The van der Waals surface area contributed by atoms with E-state index in [0.717, 1.165) is 3.57 Å². The maximum Gasteiger partial charge on any atom is 0.255 e. The molecule has 19 heavy (non-hydrogen) atoms. The van der Waals surface area contributed by atoms with Gasteiger partial charge < -0.3 is 5.32 Å². The molecule has 0 aliphatic heterocycles. The van der Waals surface area contributed by atoms with E-state index >= 15 is 0 Å². The Kier molecular flexibility index (Phi) is 4.40. The van der Waals surface area contributed by atoms with Gasteiger partial charge in [0.1, 0.15) is 0 Å². The van der Waals surface area contributed by atoms with Crippen LogP contribution < -0.4 is 5.32 Å². The average Bonchev–Trinajstić information content (AvgIpc) is 2.42. The minimum atomic E-state index is -0.256. The van der Waals surface area contributed by atoms with Crippen LogP contribution in [0.2, 0.25) is 5.02 Å². The molecular weight excluding hydrogens is 375 g/mol. The summed E-state index contributed by atoms with van der Waals surface area (Å²) in [5, 5.41) is 11.9. The van der Waals surface area contributed by atoms with Gasteiger partial charge in [0.25, 0.3) is 5.91 Å².